The highest BCUT2D eigenvalue weighted by Gasteiger charge is 2.32. The minimum atomic E-state index is -1.94. The second-order valence-electron chi connectivity index (χ2n) is 6.86. The van der Waals surface area contributed by atoms with Gasteiger partial charge in [-0.05, 0) is 47.9 Å². The summed E-state index contributed by atoms with van der Waals surface area (Å²) < 4.78 is 30.2. The van der Waals surface area contributed by atoms with Crippen molar-refractivity contribution in [2.24, 2.45) is 5.92 Å². The Kier molecular flexibility index (Phi) is 5.04. The molecule has 1 amide bonds. The summed E-state index contributed by atoms with van der Waals surface area (Å²) in [6.45, 7) is 3.92. The highest BCUT2D eigenvalue weighted by molar-refractivity contribution is 7.85. The number of nitrogens with one attached hydrogen (secondary N) is 1. The highest BCUT2D eigenvalue weighted by atomic mass is 32.2. The van der Waals surface area contributed by atoms with Crippen LogP contribution in [0.3, 0.4) is 0 Å². The highest BCUT2D eigenvalue weighted by Crippen LogP contribution is 2.39. The summed E-state index contributed by atoms with van der Waals surface area (Å²) in [5, 5.41) is 20.9. The van der Waals surface area contributed by atoms with Gasteiger partial charge in [0.25, 0.3) is 5.91 Å². The van der Waals surface area contributed by atoms with Crippen LogP contribution < -0.4 is 9.03 Å². The molecule has 3 N–H and O–H groups in total. The number of carbonyl (C=O) groups excluding carboxylic acids is 1. The number of phenols is 2. The van der Waals surface area contributed by atoms with Crippen LogP contribution in [0.1, 0.15) is 32.3 Å². The summed E-state index contributed by atoms with van der Waals surface area (Å²) in [4.78, 5) is 11.4. The van der Waals surface area contributed by atoms with Crippen LogP contribution in [0.15, 0.2) is 18.2 Å². The van der Waals surface area contributed by atoms with E-state index in [9.17, 15) is 19.2 Å². The number of rotatable bonds is 5. The van der Waals surface area contributed by atoms with E-state index in [1.54, 1.807) is 6.07 Å². The quantitative estimate of drug-likeness (QED) is 0.744. The summed E-state index contributed by atoms with van der Waals surface area (Å²) in [5.74, 6) is -1.13. The van der Waals surface area contributed by atoms with Crippen molar-refractivity contribution in [2.75, 3.05) is 10.8 Å². The van der Waals surface area contributed by atoms with Crippen molar-refractivity contribution in [3.63, 3.8) is 0 Å². The van der Waals surface area contributed by atoms with E-state index in [1.165, 1.54) is 12.1 Å². The lowest BCUT2D eigenvalue weighted by molar-refractivity contribution is -0.117. The number of anilines is 1. The van der Waals surface area contributed by atoms with Crippen LogP contribution in [0.25, 0.3) is 10.8 Å². The van der Waals surface area contributed by atoms with Gasteiger partial charge in [-0.1, -0.05) is 20.3 Å². The zero-order valence-corrected chi connectivity index (χ0v) is 15.4. The van der Waals surface area contributed by atoms with Crippen molar-refractivity contribution in [1.82, 2.24) is 4.72 Å². The molecular formula is C18H21FN2O4S. The molecule has 0 aromatic heterocycles. The van der Waals surface area contributed by atoms with E-state index in [0.717, 1.165) is 17.1 Å². The molecule has 0 saturated carbocycles. The number of hydrogen-bond acceptors (Lipinski definition) is 4. The Bertz CT molecular complexity index is 901. The summed E-state index contributed by atoms with van der Waals surface area (Å²) >= 11 is -1.94. The van der Waals surface area contributed by atoms with E-state index < -0.39 is 28.6 Å². The molecule has 2 aromatic carbocycles. The van der Waals surface area contributed by atoms with Gasteiger partial charge >= 0.3 is 0 Å². The second-order valence-corrected chi connectivity index (χ2v) is 8.00. The van der Waals surface area contributed by atoms with Crippen molar-refractivity contribution in [2.45, 2.75) is 33.1 Å². The average Bonchev–Trinajstić information content (AvgIpc) is 2.86. The molecule has 1 heterocycles. The van der Waals surface area contributed by atoms with Crippen LogP contribution in [-0.2, 0) is 22.4 Å². The molecule has 140 valence electrons. The Morgan fingerprint density at radius 2 is 1.96 bits per heavy atom. The number of hydrogen-bond donors (Lipinski definition) is 3. The third-order valence-corrected chi connectivity index (χ3v) is 5.51. The molecule has 1 aliphatic rings. The zero-order chi connectivity index (χ0) is 19.0. The first-order valence-corrected chi connectivity index (χ1v) is 9.54. The molecule has 3 rings (SSSR count). The number of benzene rings is 2. The van der Waals surface area contributed by atoms with Gasteiger partial charge in [-0.15, -0.1) is 0 Å². The maximum Gasteiger partial charge on any atom is 0.253 e. The van der Waals surface area contributed by atoms with Gasteiger partial charge in [0, 0.05) is 5.39 Å². The predicted octanol–water partition coefficient (Wildman–Crippen LogP) is 2.88. The first-order valence-electron chi connectivity index (χ1n) is 8.44. The Labute approximate surface area is 153 Å². The van der Waals surface area contributed by atoms with Gasteiger partial charge in [0.1, 0.15) is 23.7 Å². The topological polar surface area (TPSA) is 89.9 Å². The minimum Gasteiger partial charge on any atom is -0.508 e. The van der Waals surface area contributed by atoms with Crippen LogP contribution >= 0.6 is 0 Å². The Morgan fingerprint density at radius 3 is 2.58 bits per heavy atom. The van der Waals surface area contributed by atoms with Crippen molar-refractivity contribution >= 4 is 33.5 Å². The van der Waals surface area contributed by atoms with Crippen LogP contribution in [0.2, 0.25) is 0 Å². The predicted molar refractivity (Wildman–Crippen MR) is 98.6 cm³/mol. The number of aromatic hydroxyl groups is 2. The minimum absolute atomic E-state index is 0.0504. The standard InChI is InChI=1S/C18H21FN2O4S/c1-10(2)4-3-5-11-6-13-12(7-14(11)22)8-15(23)18(17(13)19)21-9-16(24)20-26(21)25/h6-8,10,22-23H,3-5,9H2,1-2H3,(H,20,24). The lowest BCUT2D eigenvalue weighted by Crippen LogP contribution is -2.23. The summed E-state index contributed by atoms with van der Waals surface area (Å²) in [5.41, 5.74) is 0.332. The van der Waals surface area contributed by atoms with Crippen molar-refractivity contribution in [3.8, 4) is 11.5 Å². The first-order chi connectivity index (χ1) is 12.3. The molecular weight excluding hydrogens is 359 g/mol. The number of aryl methyl sites for hydroxylation is 1. The van der Waals surface area contributed by atoms with Crippen LogP contribution in [-0.4, -0.2) is 26.9 Å². The molecule has 0 aliphatic carbocycles. The normalized spacial score (nSPS) is 17.3. The molecule has 6 nitrogen and oxygen atoms in total. The molecule has 0 spiro atoms. The van der Waals surface area contributed by atoms with Gasteiger partial charge in [-0.25, -0.2) is 8.60 Å². The molecule has 1 saturated heterocycles. The van der Waals surface area contributed by atoms with Crippen molar-refractivity contribution in [3.05, 3.63) is 29.6 Å². The fourth-order valence-corrected chi connectivity index (χ4v) is 4.03. The monoisotopic (exact) mass is 380 g/mol. The van der Waals surface area contributed by atoms with Gasteiger partial charge in [0.15, 0.2) is 5.82 Å². The van der Waals surface area contributed by atoms with Gasteiger partial charge in [0.2, 0.25) is 11.2 Å². The molecule has 2 aromatic rings. The Morgan fingerprint density at radius 1 is 1.27 bits per heavy atom. The SMILES string of the molecule is CC(C)CCCc1cc2c(F)c(N3CC(=O)NS3=O)c(O)cc2cc1O. The number of phenolic OH excluding ortho intramolecular Hbond substituents is 2. The van der Waals surface area contributed by atoms with Crippen LogP contribution in [0.5, 0.6) is 11.5 Å². The third kappa shape index (κ3) is 3.46. The fourth-order valence-electron chi connectivity index (χ4n) is 3.09. The van der Waals surface area contributed by atoms with E-state index >= 15 is 4.39 Å². The van der Waals surface area contributed by atoms with E-state index in [2.05, 4.69) is 18.6 Å². The number of halogens is 1. The number of carbonyl (C=O) groups is 1. The average molecular weight is 380 g/mol. The van der Waals surface area contributed by atoms with Gasteiger partial charge < -0.3 is 10.2 Å². The number of nitrogens with zero attached hydrogens (tertiary/aromatic N) is 1. The molecule has 1 fully saturated rings. The van der Waals surface area contributed by atoms with E-state index in [0.29, 0.717) is 23.3 Å². The van der Waals surface area contributed by atoms with Crippen molar-refractivity contribution in [1.29, 1.82) is 0 Å². The Hall–Kier alpha value is -2.35. The molecule has 1 aliphatic heterocycles. The van der Waals surface area contributed by atoms with Gasteiger partial charge in [0.05, 0.1) is 0 Å². The third-order valence-electron chi connectivity index (χ3n) is 4.40. The molecule has 26 heavy (non-hydrogen) atoms. The van der Waals surface area contributed by atoms with Crippen molar-refractivity contribution < 1.29 is 23.6 Å². The van der Waals surface area contributed by atoms with Gasteiger partial charge in [-0.3, -0.25) is 13.8 Å². The van der Waals surface area contributed by atoms with Gasteiger partial charge in [-0.2, -0.15) is 0 Å². The smallest absolute Gasteiger partial charge is 0.253 e. The number of fused-ring (bicyclic) bond motifs is 1. The van der Waals surface area contributed by atoms with E-state index in [4.69, 9.17) is 0 Å². The summed E-state index contributed by atoms with van der Waals surface area (Å²) in [6.07, 6.45) is 2.45. The maximum absolute atomic E-state index is 15.1. The zero-order valence-electron chi connectivity index (χ0n) is 14.6. The molecule has 0 radical (unpaired) electrons. The van der Waals surface area contributed by atoms with Crippen LogP contribution in [0, 0.1) is 11.7 Å². The first kappa shape index (κ1) is 18.4. The van der Waals surface area contributed by atoms with Crippen LogP contribution in [0.4, 0.5) is 10.1 Å². The van der Waals surface area contributed by atoms with E-state index in [-0.39, 0.29) is 23.4 Å². The fraction of sp³-hybridized carbons (Fsp3) is 0.389. The largest absolute Gasteiger partial charge is 0.508 e. The molecule has 1 unspecified atom stereocenters. The molecule has 0 bridgehead atoms. The summed E-state index contributed by atoms with van der Waals surface area (Å²) in [7, 11) is 0. The Balaban J connectivity index is 2.04. The summed E-state index contributed by atoms with van der Waals surface area (Å²) in [6, 6.07) is 4.26. The second kappa shape index (κ2) is 7.11. The molecule has 8 heteroatoms. The molecule has 1 atom stereocenters. The number of amides is 1. The lowest BCUT2D eigenvalue weighted by atomic mass is 9.98. The lowest BCUT2D eigenvalue weighted by Gasteiger charge is -2.18. The van der Waals surface area contributed by atoms with E-state index in [1.807, 2.05) is 0 Å². The maximum atomic E-state index is 15.1.